The molecule has 0 amide bonds. The van der Waals surface area contributed by atoms with E-state index in [-0.39, 0.29) is 0 Å². The third kappa shape index (κ3) is 2.49. The Kier molecular flexibility index (Phi) is 3.45. The number of thiocarbonyl (C=S) groups is 1. The zero-order valence-electron chi connectivity index (χ0n) is 14.6. The molecule has 0 aromatic heterocycles. The van der Waals surface area contributed by atoms with Gasteiger partial charge >= 0.3 is 0 Å². The minimum atomic E-state index is 0.506. The lowest BCUT2D eigenvalue weighted by Gasteiger charge is -2.54. The van der Waals surface area contributed by atoms with Gasteiger partial charge in [0, 0.05) is 6.04 Å². The molecule has 0 saturated heterocycles. The molecule has 0 atom stereocenters. The van der Waals surface area contributed by atoms with Crippen molar-refractivity contribution in [2.24, 2.45) is 23.7 Å². The first-order valence-electron chi connectivity index (χ1n) is 9.21. The maximum absolute atomic E-state index is 5.63. The van der Waals surface area contributed by atoms with E-state index in [1.807, 2.05) is 13.8 Å². The van der Waals surface area contributed by atoms with Gasteiger partial charge < -0.3 is 5.32 Å². The Hall–Kier alpha value is -1.83. The quantitative estimate of drug-likeness (QED) is 0.796. The number of hydrogen-bond donors (Lipinski definition) is 2. The fraction of sp³-hybridized carbons (Fsp3) is 0.706. The zero-order valence-corrected chi connectivity index (χ0v) is 15.4. The van der Waals surface area contributed by atoms with Crippen molar-refractivity contribution in [3.8, 4) is 11.5 Å². The summed E-state index contributed by atoms with van der Waals surface area (Å²) in [5, 5.41) is 20.9. The molecule has 7 nitrogen and oxygen atoms in total. The van der Waals surface area contributed by atoms with E-state index < -0.39 is 0 Å². The predicted octanol–water partition coefficient (Wildman–Crippen LogP) is 2.03. The molecule has 0 radical (unpaired) electrons. The Morgan fingerprint density at radius 1 is 0.960 bits per heavy atom. The highest BCUT2D eigenvalue weighted by molar-refractivity contribution is 7.80. The van der Waals surface area contributed by atoms with Gasteiger partial charge in [-0.2, -0.15) is 5.10 Å². The molecule has 25 heavy (non-hydrogen) atoms. The Labute approximate surface area is 152 Å². The van der Waals surface area contributed by atoms with Gasteiger partial charge in [0.2, 0.25) is 5.82 Å². The van der Waals surface area contributed by atoms with Gasteiger partial charge in [-0.05, 0) is 81.8 Å². The van der Waals surface area contributed by atoms with Crippen LogP contribution in [0.2, 0.25) is 0 Å². The van der Waals surface area contributed by atoms with Crippen LogP contribution in [0.15, 0.2) is 0 Å². The van der Waals surface area contributed by atoms with Gasteiger partial charge in [-0.25, -0.2) is 4.68 Å². The Morgan fingerprint density at radius 3 is 2.32 bits per heavy atom. The van der Waals surface area contributed by atoms with Crippen LogP contribution in [0.4, 0.5) is 0 Å². The van der Waals surface area contributed by atoms with Crippen LogP contribution in [-0.4, -0.2) is 36.2 Å². The second-order valence-electron chi connectivity index (χ2n) is 8.08. The standard InChI is InChI=1S/C17H23N7S/c1-8-14-16(22-19-8)24(9(2)20-21-14)23-17(25)18-15-12-4-10-3-11(6-12)7-13(15)5-10/h10-13,15H,3-7H2,1-2H3,(H2,18,23,25). The number of nitrogens with zero attached hydrogens (tertiary/aromatic N) is 5. The van der Waals surface area contributed by atoms with Crippen molar-refractivity contribution in [3.05, 3.63) is 11.5 Å². The Balaban J connectivity index is 1.34. The average molecular weight is 357 g/mol. The van der Waals surface area contributed by atoms with Gasteiger partial charge in [0.1, 0.15) is 5.82 Å². The number of fused-ring (bicyclic) bond motifs is 1. The van der Waals surface area contributed by atoms with E-state index in [9.17, 15) is 0 Å². The van der Waals surface area contributed by atoms with Gasteiger partial charge in [-0.15, -0.1) is 15.3 Å². The molecular weight excluding hydrogens is 334 g/mol. The number of nitrogens with one attached hydrogen (secondary N) is 2. The average Bonchev–Trinajstić information content (AvgIpc) is 2.94. The molecule has 6 aliphatic rings. The molecule has 0 aromatic carbocycles. The Morgan fingerprint density at radius 2 is 1.64 bits per heavy atom. The van der Waals surface area contributed by atoms with Gasteiger partial charge in [-0.3, -0.25) is 5.43 Å². The van der Waals surface area contributed by atoms with Crippen LogP contribution < -0.4 is 10.7 Å². The Bertz CT molecular complexity index is 772. The molecule has 4 bridgehead atoms. The van der Waals surface area contributed by atoms with Gasteiger partial charge in [0.15, 0.2) is 10.8 Å². The lowest BCUT2D eigenvalue weighted by atomic mass is 9.54. The molecule has 132 valence electrons. The molecule has 0 spiro atoms. The van der Waals surface area contributed by atoms with Crippen LogP contribution in [0.1, 0.15) is 43.6 Å². The van der Waals surface area contributed by atoms with Crippen molar-refractivity contribution in [3.63, 3.8) is 0 Å². The number of hydrogen-bond acceptors (Lipinski definition) is 5. The molecular formula is C17H23N7S. The lowest BCUT2D eigenvalue weighted by molar-refractivity contribution is -0.00670. The number of aryl methyl sites for hydroxylation is 2. The summed E-state index contributed by atoms with van der Waals surface area (Å²) in [6, 6.07) is 0.506. The molecule has 6 rings (SSSR count). The first-order chi connectivity index (χ1) is 12.1. The van der Waals surface area contributed by atoms with Gasteiger partial charge in [0.05, 0.1) is 5.69 Å². The normalized spacial score (nSPS) is 33.0. The van der Waals surface area contributed by atoms with E-state index in [1.165, 1.54) is 32.1 Å². The molecule has 0 aromatic rings. The molecule has 4 aliphatic carbocycles. The highest BCUT2D eigenvalue weighted by Crippen LogP contribution is 2.53. The second-order valence-corrected chi connectivity index (χ2v) is 8.49. The summed E-state index contributed by atoms with van der Waals surface area (Å²) in [6.07, 6.45) is 6.94. The summed E-state index contributed by atoms with van der Waals surface area (Å²) in [7, 11) is 0. The maximum atomic E-state index is 5.63. The molecule has 2 heterocycles. The fourth-order valence-electron chi connectivity index (χ4n) is 5.55. The monoisotopic (exact) mass is 357 g/mol. The van der Waals surface area contributed by atoms with Crippen LogP contribution in [0.25, 0.3) is 11.5 Å². The molecule has 4 saturated carbocycles. The minimum Gasteiger partial charge on any atom is -0.358 e. The van der Waals surface area contributed by atoms with Crippen molar-refractivity contribution in [2.75, 3.05) is 5.43 Å². The van der Waals surface area contributed by atoms with Gasteiger partial charge in [-0.1, -0.05) is 0 Å². The topological polar surface area (TPSA) is 80.5 Å². The highest BCUT2D eigenvalue weighted by atomic mass is 32.1. The van der Waals surface area contributed by atoms with Crippen molar-refractivity contribution in [1.29, 1.82) is 0 Å². The third-order valence-corrected chi connectivity index (χ3v) is 6.63. The van der Waals surface area contributed by atoms with E-state index >= 15 is 0 Å². The number of aromatic nitrogens is 5. The summed E-state index contributed by atoms with van der Waals surface area (Å²) < 4.78 is 1.79. The summed E-state index contributed by atoms with van der Waals surface area (Å²) in [6.45, 7) is 3.77. The first-order valence-corrected chi connectivity index (χ1v) is 9.62. The van der Waals surface area contributed by atoms with Gasteiger partial charge in [0.25, 0.3) is 0 Å². The maximum Gasteiger partial charge on any atom is 0.205 e. The van der Waals surface area contributed by atoms with Crippen LogP contribution >= 0.6 is 12.2 Å². The molecule has 4 fully saturated rings. The SMILES string of the molecule is Cc1nnc2n(NC(=S)NC3C4CC5CC(C4)CC3C5)c(C)nnc1-2. The number of rotatable bonds is 2. The van der Waals surface area contributed by atoms with Crippen molar-refractivity contribution < 1.29 is 0 Å². The van der Waals surface area contributed by atoms with E-state index in [1.54, 1.807) is 4.68 Å². The summed E-state index contributed by atoms with van der Waals surface area (Å²) in [5.74, 6) is 4.86. The van der Waals surface area contributed by atoms with Crippen LogP contribution in [-0.2, 0) is 0 Å². The first kappa shape index (κ1) is 15.4. The van der Waals surface area contributed by atoms with E-state index in [0.717, 1.165) is 29.4 Å². The highest BCUT2D eigenvalue weighted by Gasteiger charge is 2.48. The van der Waals surface area contributed by atoms with Crippen LogP contribution in [0, 0.1) is 37.5 Å². The van der Waals surface area contributed by atoms with Crippen molar-refractivity contribution >= 4 is 17.3 Å². The van der Waals surface area contributed by atoms with Crippen LogP contribution in [0.5, 0.6) is 0 Å². The third-order valence-electron chi connectivity index (χ3n) is 6.42. The smallest absolute Gasteiger partial charge is 0.205 e. The minimum absolute atomic E-state index is 0.506. The summed E-state index contributed by atoms with van der Waals surface area (Å²) >= 11 is 5.63. The second kappa shape index (κ2) is 5.59. The summed E-state index contributed by atoms with van der Waals surface area (Å²) in [5.41, 5.74) is 4.74. The molecule has 8 heteroatoms. The molecule has 2 aliphatic heterocycles. The summed E-state index contributed by atoms with van der Waals surface area (Å²) in [4.78, 5) is 0. The van der Waals surface area contributed by atoms with Crippen LogP contribution in [0.3, 0.4) is 0 Å². The van der Waals surface area contributed by atoms with E-state index in [0.29, 0.717) is 28.5 Å². The predicted molar refractivity (Wildman–Crippen MR) is 97.6 cm³/mol. The van der Waals surface area contributed by atoms with Crippen molar-refractivity contribution in [2.45, 2.75) is 52.0 Å². The van der Waals surface area contributed by atoms with E-state index in [4.69, 9.17) is 12.2 Å². The van der Waals surface area contributed by atoms with Crippen molar-refractivity contribution in [1.82, 2.24) is 30.4 Å². The van der Waals surface area contributed by atoms with E-state index in [2.05, 4.69) is 31.1 Å². The largest absolute Gasteiger partial charge is 0.358 e. The molecule has 0 unspecified atom stereocenters. The molecule has 2 N–H and O–H groups in total. The zero-order chi connectivity index (χ0) is 17.1. The lowest BCUT2D eigenvalue weighted by Crippen LogP contribution is -2.57. The fourth-order valence-corrected chi connectivity index (χ4v) is 5.77.